The van der Waals surface area contributed by atoms with Crippen molar-refractivity contribution in [1.82, 2.24) is 4.98 Å². The van der Waals surface area contributed by atoms with Crippen LogP contribution in [0.5, 0.6) is 5.75 Å². The fourth-order valence-electron chi connectivity index (χ4n) is 5.14. The molecule has 2 aliphatic rings. The molecule has 202 valence electrons. The molecule has 4 aromatic rings. The number of benzene rings is 3. The topological polar surface area (TPSA) is 109 Å². The standard InChI is InChI=1S/C29H22BrN3O5S2/c1-15-6-5-7-17(12-15)31-21(34)14-38-20-11-10-16(30)13-19(20)22-23-25(39-26-24(22)40-29(37)32-26)28(36)33(27(23)35)18-8-3-2-4-9-18/h2-13,22-23,25H,14H2,1H3,(H,31,34)(H,32,37)/t22-,23?,25?/m1/s1. The van der Waals surface area contributed by atoms with Crippen LogP contribution in [0.2, 0.25) is 0 Å². The van der Waals surface area contributed by atoms with Gasteiger partial charge >= 0.3 is 4.87 Å². The van der Waals surface area contributed by atoms with E-state index in [-0.39, 0.29) is 29.2 Å². The third-order valence-corrected chi connectivity index (χ3v) is 9.70. The molecule has 0 saturated carbocycles. The Bertz CT molecular complexity index is 1700. The average Bonchev–Trinajstić information content (AvgIpc) is 3.42. The zero-order valence-electron chi connectivity index (χ0n) is 21.1. The number of carbonyl (C=O) groups excluding carboxylic acids is 3. The lowest BCUT2D eigenvalue weighted by molar-refractivity contribution is -0.122. The Labute approximate surface area is 245 Å². The summed E-state index contributed by atoms with van der Waals surface area (Å²) in [6.45, 7) is 1.67. The highest BCUT2D eigenvalue weighted by atomic mass is 79.9. The number of para-hydroxylation sites is 1. The van der Waals surface area contributed by atoms with E-state index in [0.717, 1.165) is 21.4 Å². The maximum absolute atomic E-state index is 13.9. The SMILES string of the molecule is Cc1cccc(NC(=O)COc2ccc(Br)cc2[C@H]2c3sc(=O)[nH]c3SC3C(=O)N(c4ccccc4)C(=O)C32)c1. The van der Waals surface area contributed by atoms with E-state index in [1.165, 1.54) is 16.7 Å². The molecule has 3 heterocycles. The fraction of sp³-hybridized carbons (Fsp3) is 0.172. The molecule has 40 heavy (non-hydrogen) atoms. The lowest BCUT2D eigenvalue weighted by atomic mass is 9.82. The van der Waals surface area contributed by atoms with Crippen LogP contribution in [0.3, 0.4) is 0 Å². The lowest BCUT2D eigenvalue weighted by Gasteiger charge is -2.31. The highest BCUT2D eigenvalue weighted by Gasteiger charge is 2.56. The summed E-state index contributed by atoms with van der Waals surface area (Å²) in [5.41, 5.74) is 2.79. The predicted octanol–water partition coefficient (Wildman–Crippen LogP) is 5.32. The number of carbonyl (C=O) groups is 3. The van der Waals surface area contributed by atoms with Crippen molar-refractivity contribution in [3.63, 3.8) is 0 Å². The molecular weight excluding hydrogens is 614 g/mol. The van der Waals surface area contributed by atoms with Crippen molar-refractivity contribution in [3.8, 4) is 5.75 Å². The number of fused-ring (bicyclic) bond motifs is 2. The molecule has 3 aromatic carbocycles. The smallest absolute Gasteiger partial charge is 0.305 e. The molecule has 0 radical (unpaired) electrons. The number of amides is 3. The first-order valence-corrected chi connectivity index (χ1v) is 14.9. The van der Waals surface area contributed by atoms with E-state index in [4.69, 9.17) is 4.74 Å². The zero-order chi connectivity index (χ0) is 28.0. The Morgan fingerprint density at radius 3 is 2.60 bits per heavy atom. The largest absolute Gasteiger partial charge is 0.483 e. The van der Waals surface area contributed by atoms with Gasteiger partial charge in [-0.15, -0.1) is 0 Å². The first-order chi connectivity index (χ1) is 19.3. The second kappa shape index (κ2) is 10.7. The molecule has 1 saturated heterocycles. The van der Waals surface area contributed by atoms with Crippen molar-refractivity contribution in [2.75, 3.05) is 16.8 Å². The number of ether oxygens (including phenoxy) is 1. The number of nitrogens with one attached hydrogen (secondary N) is 2. The molecule has 3 atom stereocenters. The number of hydrogen-bond acceptors (Lipinski definition) is 7. The molecule has 0 aliphatic carbocycles. The first kappa shape index (κ1) is 26.5. The average molecular weight is 637 g/mol. The molecule has 0 spiro atoms. The molecule has 2 aliphatic heterocycles. The normalized spacial score (nSPS) is 19.8. The highest BCUT2D eigenvalue weighted by molar-refractivity contribution is 9.10. The van der Waals surface area contributed by atoms with E-state index < -0.39 is 17.1 Å². The van der Waals surface area contributed by atoms with Crippen molar-refractivity contribution in [2.24, 2.45) is 5.92 Å². The van der Waals surface area contributed by atoms with Crippen LogP contribution in [0.4, 0.5) is 11.4 Å². The summed E-state index contributed by atoms with van der Waals surface area (Å²) >= 11 is 5.75. The summed E-state index contributed by atoms with van der Waals surface area (Å²) in [4.78, 5) is 57.2. The maximum atomic E-state index is 13.9. The van der Waals surface area contributed by atoms with Gasteiger partial charge in [0.15, 0.2) is 6.61 Å². The number of aromatic amines is 1. The monoisotopic (exact) mass is 635 g/mol. The van der Waals surface area contributed by atoms with E-state index in [2.05, 4.69) is 26.2 Å². The molecule has 2 unspecified atom stereocenters. The quantitative estimate of drug-likeness (QED) is 0.278. The van der Waals surface area contributed by atoms with Crippen molar-refractivity contribution in [1.29, 1.82) is 0 Å². The molecule has 8 nitrogen and oxygen atoms in total. The first-order valence-electron chi connectivity index (χ1n) is 12.4. The van der Waals surface area contributed by atoms with Crippen LogP contribution in [0.25, 0.3) is 0 Å². The predicted molar refractivity (Wildman–Crippen MR) is 158 cm³/mol. The minimum absolute atomic E-state index is 0.266. The Morgan fingerprint density at radius 2 is 1.82 bits per heavy atom. The van der Waals surface area contributed by atoms with E-state index in [0.29, 0.717) is 32.6 Å². The van der Waals surface area contributed by atoms with Gasteiger partial charge in [0, 0.05) is 26.5 Å². The van der Waals surface area contributed by atoms with Crippen LogP contribution in [0.1, 0.15) is 21.9 Å². The maximum Gasteiger partial charge on any atom is 0.305 e. The van der Waals surface area contributed by atoms with Crippen LogP contribution in [-0.2, 0) is 14.4 Å². The summed E-state index contributed by atoms with van der Waals surface area (Å²) in [5.74, 6) is -2.02. The van der Waals surface area contributed by atoms with Gasteiger partial charge in [0.25, 0.3) is 5.91 Å². The minimum atomic E-state index is -0.769. The van der Waals surface area contributed by atoms with Gasteiger partial charge in [-0.1, -0.05) is 69.4 Å². The summed E-state index contributed by atoms with van der Waals surface area (Å²) in [7, 11) is 0. The molecule has 2 N–H and O–H groups in total. The lowest BCUT2D eigenvalue weighted by Crippen LogP contribution is -2.32. The van der Waals surface area contributed by atoms with Gasteiger partial charge in [0.05, 0.1) is 16.6 Å². The number of imide groups is 1. The fourth-order valence-corrected chi connectivity index (χ4v) is 8.03. The van der Waals surface area contributed by atoms with Crippen molar-refractivity contribution in [2.45, 2.75) is 23.1 Å². The number of hydrogen-bond donors (Lipinski definition) is 2. The Hall–Kier alpha value is -3.67. The van der Waals surface area contributed by atoms with Crippen LogP contribution in [0.15, 0.2) is 87.1 Å². The molecule has 0 bridgehead atoms. The number of halogens is 1. The number of thioether (sulfide) groups is 1. The minimum Gasteiger partial charge on any atom is -0.483 e. The van der Waals surface area contributed by atoms with Crippen molar-refractivity contribution < 1.29 is 19.1 Å². The van der Waals surface area contributed by atoms with Gasteiger partial charge < -0.3 is 15.0 Å². The number of aryl methyl sites for hydroxylation is 1. The highest BCUT2D eigenvalue weighted by Crippen LogP contribution is 2.54. The number of nitrogens with zero attached hydrogens (tertiary/aromatic N) is 1. The van der Waals surface area contributed by atoms with E-state index in [1.807, 2.05) is 37.3 Å². The van der Waals surface area contributed by atoms with Gasteiger partial charge in [-0.05, 0) is 55.0 Å². The third kappa shape index (κ3) is 4.89. The van der Waals surface area contributed by atoms with Gasteiger partial charge in [-0.3, -0.25) is 19.2 Å². The van der Waals surface area contributed by atoms with E-state index >= 15 is 0 Å². The Kier molecular flexibility index (Phi) is 7.11. The van der Waals surface area contributed by atoms with Crippen LogP contribution >= 0.6 is 39.0 Å². The summed E-state index contributed by atoms with van der Waals surface area (Å²) in [6.07, 6.45) is 0. The van der Waals surface area contributed by atoms with E-state index in [1.54, 1.807) is 42.5 Å². The molecule has 1 aromatic heterocycles. The number of aromatic nitrogens is 1. The Morgan fingerprint density at radius 1 is 1.02 bits per heavy atom. The van der Waals surface area contributed by atoms with Crippen LogP contribution in [0, 0.1) is 12.8 Å². The number of rotatable bonds is 6. The van der Waals surface area contributed by atoms with Crippen molar-refractivity contribution in [3.05, 3.63) is 103 Å². The number of anilines is 2. The second-order valence-electron chi connectivity index (χ2n) is 9.49. The second-order valence-corrected chi connectivity index (χ2v) is 12.6. The summed E-state index contributed by atoms with van der Waals surface area (Å²) in [6, 6.07) is 21.6. The molecule has 1 fully saturated rings. The molecule has 6 rings (SSSR count). The van der Waals surface area contributed by atoms with Gasteiger partial charge in [0.1, 0.15) is 11.0 Å². The van der Waals surface area contributed by atoms with Crippen LogP contribution in [-0.4, -0.2) is 34.6 Å². The van der Waals surface area contributed by atoms with E-state index in [9.17, 15) is 19.2 Å². The Balaban J connectivity index is 1.36. The van der Waals surface area contributed by atoms with Gasteiger partial charge in [-0.2, -0.15) is 0 Å². The zero-order valence-corrected chi connectivity index (χ0v) is 24.3. The summed E-state index contributed by atoms with van der Waals surface area (Å²) < 4.78 is 6.75. The molecular formula is C29H22BrN3O5S2. The third-order valence-electron chi connectivity index (χ3n) is 6.81. The molecule has 11 heteroatoms. The molecule has 3 amide bonds. The van der Waals surface area contributed by atoms with Crippen LogP contribution < -0.4 is 19.8 Å². The summed E-state index contributed by atoms with van der Waals surface area (Å²) in [5, 5.41) is 2.67. The van der Waals surface area contributed by atoms with Gasteiger partial charge in [0.2, 0.25) is 11.8 Å². The number of thiazole rings is 1. The van der Waals surface area contributed by atoms with Gasteiger partial charge in [-0.25, -0.2) is 4.90 Å². The van der Waals surface area contributed by atoms with Crippen molar-refractivity contribution >= 4 is 68.1 Å². The number of H-pyrrole nitrogens is 1.